The molecular formula is C21H18N2O4. The van der Waals surface area contributed by atoms with Gasteiger partial charge in [0.1, 0.15) is 0 Å². The molecule has 6 nitrogen and oxygen atoms in total. The van der Waals surface area contributed by atoms with E-state index in [0.717, 1.165) is 11.1 Å². The first-order valence-corrected chi connectivity index (χ1v) is 8.48. The Morgan fingerprint density at radius 3 is 2.33 bits per heavy atom. The van der Waals surface area contributed by atoms with Gasteiger partial charge in [-0.05, 0) is 47.4 Å². The lowest BCUT2D eigenvalue weighted by molar-refractivity contribution is -0.384. The predicted molar refractivity (Wildman–Crippen MR) is 103 cm³/mol. The van der Waals surface area contributed by atoms with Gasteiger partial charge in [0.2, 0.25) is 5.90 Å². The average Bonchev–Trinajstić information content (AvgIpc) is 3.03. The molecule has 27 heavy (non-hydrogen) atoms. The largest absolute Gasteiger partial charge is 0.402 e. The molecule has 0 saturated heterocycles. The number of benzene rings is 2. The number of esters is 1. The third-order valence-corrected chi connectivity index (χ3v) is 4.09. The maximum atomic E-state index is 12.0. The summed E-state index contributed by atoms with van der Waals surface area (Å²) < 4.78 is 5.24. The molecular weight excluding hydrogens is 344 g/mol. The molecule has 0 radical (unpaired) electrons. The number of non-ortho nitro benzene ring substituents is 1. The molecule has 1 aliphatic heterocycles. The van der Waals surface area contributed by atoms with Crippen LogP contribution in [0.25, 0.3) is 6.08 Å². The average molecular weight is 362 g/mol. The van der Waals surface area contributed by atoms with Crippen molar-refractivity contribution in [2.45, 2.75) is 19.8 Å². The van der Waals surface area contributed by atoms with E-state index in [0.29, 0.717) is 5.92 Å². The number of nitro groups is 1. The van der Waals surface area contributed by atoms with Crippen molar-refractivity contribution in [2.75, 3.05) is 0 Å². The molecule has 0 bridgehead atoms. The fourth-order valence-corrected chi connectivity index (χ4v) is 2.51. The topological polar surface area (TPSA) is 81.8 Å². The van der Waals surface area contributed by atoms with Crippen molar-refractivity contribution < 1.29 is 14.5 Å². The Labute approximate surface area is 156 Å². The van der Waals surface area contributed by atoms with Gasteiger partial charge in [-0.3, -0.25) is 10.1 Å². The van der Waals surface area contributed by atoms with Crippen molar-refractivity contribution in [3.05, 3.63) is 93.2 Å². The number of allylic oxidation sites excluding steroid dienone is 2. The third-order valence-electron chi connectivity index (χ3n) is 4.09. The second kappa shape index (κ2) is 7.78. The number of hydrogen-bond acceptors (Lipinski definition) is 5. The molecule has 3 rings (SSSR count). The highest BCUT2D eigenvalue weighted by atomic mass is 16.6. The van der Waals surface area contributed by atoms with Gasteiger partial charge < -0.3 is 4.74 Å². The molecule has 0 atom stereocenters. The zero-order valence-electron chi connectivity index (χ0n) is 15.0. The molecule has 136 valence electrons. The van der Waals surface area contributed by atoms with Gasteiger partial charge in [0.15, 0.2) is 5.70 Å². The molecule has 0 aromatic heterocycles. The minimum Gasteiger partial charge on any atom is -0.402 e. The van der Waals surface area contributed by atoms with Crippen LogP contribution >= 0.6 is 0 Å². The Kier molecular flexibility index (Phi) is 5.26. The normalized spacial score (nSPS) is 15.4. The van der Waals surface area contributed by atoms with Crippen LogP contribution in [0.3, 0.4) is 0 Å². The summed E-state index contributed by atoms with van der Waals surface area (Å²) in [6.07, 6.45) is 4.94. The van der Waals surface area contributed by atoms with Gasteiger partial charge in [0.05, 0.1) is 4.92 Å². The maximum Gasteiger partial charge on any atom is 0.363 e. The van der Waals surface area contributed by atoms with Gasteiger partial charge >= 0.3 is 5.97 Å². The number of carbonyl (C=O) groups is 1. The molecule has 0 unspecified atom stereocenters. The quantitative estimate of drug-likeness (QED) is 0.336. The highest BCUT2D eigenvalue weighted by Crippen LogP contribution is 2.20. The molecule has 0 N–H and O–H groups in total. The first kappa shape index (κ1) is 18.3. The Hall–Kier alpha value is -3.54. The van der Waals surface area contributed by atoms with Crippen molar-refractivity contribution in [1.29, 1.82) is 0 Å². The monoisotopic (exact) mass is 362 g/mol. The van der Waals surface area contributed by atoms with Crippen LogP contribution in [0, 0.1) is 10.1 Å². The first-order chi connectivity index (χ1) is 12.9. The lowest BCUT2D eigenvalue weighted by Crippen LogP contribution is -2.05. The van der Waals surface area contributed by atoms with Gasteiger partial charge in [-0.1, -0.05) is 38.1 Å². The highest BCUT2D eigenvalue weighted by Gasteiger charge is 2.23. The van der Waals surface area contributed by atoms with E-state index < -0.39 is 10.9 Å². The van der Waals surface area contributed by atoms with Gasteiger partial charge in [-0.25, -0.2) is 9.79 Å². The standard InChI is InChI=1S/C21H18N2O4/c1-14(2)16-8-10-17(11-9-16)20-22-19(21(24)27-20)5-3-4-15-6-12-18(13-7-15)23(25)26/h3-14H,1-2H3/b4-3+,19-5-. The van der Waals surface area contributed by atoms with Crippen LogP contribution in [0.1, 0.15) is 36.5 Å². The lowest BCUT2D eigenvalue weighted by Gasteiger charge is -2.05. The fourth-order valence-electron chi connectivity index (χ4n) is 2.51. The SMILES string of the molecule is CC(C)c1ccc(C2=N/C(=C\C=C\c3ccc([N+](=O)[O-])cc3)C(=O)O2)cc1. The van der Waals surface area contributed by atoms with Crippen molar-refractivity contribution in [2.24, 2.45) is 4.99 Å². The summed E-state index contributed by atoms with van der Waals surface area (Å²) in [7, 11) is 0. The van der Waals surface area contributed by atoms with E-state index in [2.05, 4.69) is 18.8 Å². The van der Waals surface area contributed by atoms with Gasteiger partial charge in [0.25, 0.3) is 5.69 Å². The summed E-state index contributed by atoms with van der Waals surface area (Å²) >= 11 is 0. The number of nitrogens with zero attached hydrogens (tertiary/aromatic N) is 2. The van der Waals surface area contributed by atoms with Crippen LogP contribution in [0.5, 0.6) is 0 Å². The van der Waals surface area contributed by atoms with Crippen molar-refractivity contribution in [1.82, 2.24) is 0 Å². The van der Waals surface area contributed by atoms with Crippen LogP contribution in [-0.4, -0.2) is 16.8 Å². The van der Waals surface area contributed by atoms with Crippen molar-refractivity contribution in [3.8, 4) is 0 Å². The zero-order chi connectivity index (χ0) is 19.4. The number of hydrogen-bond donors (Lipinski definition) is 0. The van der Waals surface area contributed by atoms with E-state index in [1.54, 1.807) is 30.4 Å². The summed E-state index contributed by atoms with van der Waals surface area (Å²) in [6, 6.07) is 13.9. The number of rotatable bonds is 5. The molecule has 0 aliphatic carbocycles. The fraction of sp³-hybridized carbons (Fsp3) is 0.143. The first-order valence-electron chi connectivity index (χ1n) is 8.48. The van der Waals surface area contributed by atoms with Crippen LogP contribution in [0.15, 0.2) is 71.4 Å². The predicted octanol–water partition coefficient (Wildman–Crippen LogP) is 4.62. The summed E-state index contributed by atoms with van der Waals surface area (Å²) in [5, 5.41) is 10.6. The molecule has 2 aromatic rings. The maximum absolute atomic E-state index is 12.0. The minimum atomic E-state index is -0.508. The van der Waals surface area contributed by atoms with Crippen molar-refractivity contribution >= 4 is 23.6 Å². The molecule has 0 saturated carbocycles. The molecule has 1 aliphatic rings. The number of aliphatic imine (C=N–C) groups is 1. The number of cyclic esters (lactones) is 1. The summed E-state index contributed by atoms with van der Waals surface area (Å²) in [6.45, 7) is 4.22. The molecule has 6 heteroatoms. The molecule has 2 aromatic carbocycles. The van der Waals surface area contributed by atoms with Crippen LogP contribution in [0.4, 0.5) is 5.69 Å². The lowest BCUT2D eigenvalue weighted by atomic mass is 10.0. The third kappa shape index (κ3) is 4.36. The number of ether oxygens (including phenoxy) is 1. The van der Waals surface area contributed by atoms with Gasteiger partial charge in [-0.15, -0.1) is 0 Å². The Morgan fingerprint density at radius 1 is 1.07 bits per heavy atom. The van der Waals surface area contributed by atoms with E-state index >= 15 is 0 Å². The smallest absolute Gasteiger partial charge is 0.363 e. The summed E-state index contributed by atoms with van der Waals surface area (Å²) in [5.74, 6) is 0.198. The summed E-state index contributed by atoms with van der Waals surface area (Å²) in [4.78, 5) is 26.4. The number of carbonyl (C=O) groups excluding carboxylic acids is 1. The highest BCUT2D eigenvalue weighted by molar-refractivity contribution is 6.11. The Bertz CT molecular complexity index is 953. The second-order valence-electron chi connectivity index (χ2n) is 6.34. The van der Waals surface area contributed by atoms with Gasteiger partial charge in [-0.2, -0.15) is 0 Å². The number of nitro benzene ring substituents is 1. The van der Waals surface area contributed by atoms with Crippen LogP contribution in [-0.2, 0) is 9.53 Å². The van der Waals surface area contributed by atoms with E-state index in [-0.39, 0.29) is 17.3 Å². The minimum absolute atomic E-state index is 0.0302. The van der Waals surface area contributed by atoms with E-state index in [9.17, 15) is 14.9 Å². The van der Waals surface area contributed by atoms with Crippen molar-refractivity contribution in [3.63, 3.8) is 0 Å². The van der Waals surface area contributed by atoms with E-state index in [1.807, 2.05) is 24.3 Å². The molecule has 1 heterocycles. The Balaban J connectivity index is 1.74. The molecule has 0 amide bonds. The Morgan fingerprint density at radius 2 is 1.74 bits per heavy atom. The second-order valence-corrected chi connectivity index (χ2v) is 6.34. The van der Waals surface area contributed by atoms with Crippen LogP contribution in [0.2, 0.25) is 0 Å². The molecule has 0 spiro atoms. The van der Waals surface area contributed by atoms with E-state index in [1.165, 1.54) is 17.7 Å². The summed E-state index contributed by atoms with van der Waals surface area (Å²) in [5.41, 5.74) is 2.96. The van der Waals surface area contributed by atoms with Crippen LogP contribution < -0.4 is 0 Å². The van der Waals surface area contributed by atoms with Gasteiger partial charge in [0, 0.05) is 17.7 Å². The zero-order valence-corrected chi connectivity index (χ0v) is 15.0. The van der Waals surface area contributed by atoms with E-state index in [4.69, 9.17) is 4.74 Å². The molecule has 0 fully saturated rings.